The Morgan fingerprint density at radius 2 is 1.65 bits per heavy atom. The van der Waals surface area contributed by atoms with Gasteiger partial charge in [-0.15, -0.1) is 0 Å². The van der Waals surface area contributed by atoms with E-state index in [0.717, 1.165) is 23.3 Å². The number of carbonyl (C=O) groups excluding carboxylic acids is 2. The van der Waals surface area contributed by atoms with E-state index in [1.54, 1.807) is 24.1 Å². The van der Waals surface area contributed by atoms with Gasteiger partial charge in [0.1, 0.15) is 6.54 Å². The molecule has 2 amide bonds. The molecular weight excluding hydrogens is 405 g/mol. The number of hydrogen-bond acceptors (Lipinski definition) is 2. The van der Waals surface area contributed by atoms with Crippen LogP contribution in [0.3, 0.4) is 0 Å². The quantitative estimate of drug-likeness (QED) is 0.726. The Morgan fingerprint density at radius 3 is 2.29 bits per heavy atom. The third-order valence-electron chi connectivity index (χ3n) is 5.73. The van der Waals surface area contributed by atoms with Gasteiger partial charge in [-0.05, 0) is 41.3 Å². The molecule has 2 aromatic carbocycles. The summed E-state index contributed by atoms with van der Waals surface area (Å²) in [5, 5.41) is 0. The molecule has 0 N–H and O–H groups in total. The lowest BCUT2D eigenvalue weighted by Gasteiger charge is -2.28. The maximum Gasteiger partial charge on any atom is 0.416 e. The summed E-state index contributed by atoms with van der Waals surface area (Å²) < 4.78 is 38.6. The average molecular weight is 426 g/mol. The second kappa shape index (κ2) is 8.06. The maximum atomic E-state index is 13.4. The Bertz CT molecular complexity index is 1060. The van der Waals surface area contributed by atoms with Gasteiger partial charge in [0.25, 0.3) is 0 Å². The van der Waals surface area contributed by atoms with Crippen LogP contribution in [0.1, 0.15) is 23.1 Å². The van der Waals surface area contributed by atoms with Crippen LogP contribution in [0.15, 0.2) is 72.4 Å². The summed E-state index contributed by atoms with van der Waals surface area (Å²) in [6, 6.07) is 14.4. The molecule has 2 aromatic rings. The van der Waals surface area contributed by atoms with E-state index in [1.165, 1.54) is 17.0 Å². The predicted molar refractivity (Wildman–Crippen MR) is 110 cm³/mol. The molecule has 31 heavy (non-hydrogen) atoms. The number of hydrogen-bond donors (Lipinski definition) is 0. The van der Waals surface area contributed by atoms with Crippen LogP contribution in [-0.2, 0) is 22.3 Å². The largest absolute Gasteiger partial charge is 0.416 e. The second-order valence-corrected chi connectivity index (χ2v) is 7.75. The van der Waals surface area contributed by atoms with Crippen LogP contribution in [0.4, 0.5) is 13.2 Å². The molecule has 0 radical (unpaired) electrons. The summed E-state index contributed by atoms with van der Waals surface area (Å²) in [5.41, 5.74) is 2.21. The number of nitrogens with zero attached hydrogens (tertiary/aromatic N) is 2. The molecule has 1 unspecified atom stereocenters. The SMILES string of the molecule is CN1C(=O)CN(Cc2ccccc2)C(=O)C2CC(c3ccc(C(F)(F)F)cc3)=CC=C21. The highest BCUT2D eigenvalue weighted by molar-refractivity contribution is 5.93. The number of likely N-dealkylation sites (N-methyl/N-ethyl adjacent to an activating group) is 1. The number of amides is 2. The maximum absolute atomic E-state index is 13.4. The van der Waals surface area contributed by atoms with Gasteiger partial charge in [-0.2, -0.15) is 13.2 Å². The van der Waals surface area contributed by atoms with Gasteiger partial charge in [-0.3, -0.25) is 9.59 Å². The Labute approximate surface area is 178 Å². The number of fused-ring (bicyclic) bond motifs is 1. The lowest BCUT2D eigenvalue weighted by molar-refractivity contribution is -0.138. The standard InChI is InChI=1S/C24H21F3N2O2/c1-28-21-12-9-18(17-7-10-19(11-8-17)24(25,26)27)13-20(21)23(31)29(15-22(28)30)14-16-5-3-2-4-6-16/h2-12,20H,13-15H2,1H3. The minimum Gasteiger partial charge on any atom is -0.328 e. The topological polar surface area (TPSA) is 40.6 Å². The van der Waals surface area contributed by atoms with E-state index in [1.807, 2.05) is 30.3 Å². The van der Waals surface area contributed by atoms with Crippen LogP contribution in [0.25, 0.3) is 5.57 Å². The minimum atomic E-state index is -4.40. The highest BCUT2D eigenvalue weighted by Crippen LogP contribution is 2.37. The number of allylic oxidation sites excluding steroid dienone is 3. The molecule has 1 fully saturated rings. The highest BCUT2D eigenvalue weighted by atomic mass is 19.4. The van der Waals surface area contributed by atoms with Crippen molar-refractivity contribution >= 4 is 17.4 Å². The monoisotopic (exact) mass is 426 g/mol. The number of rotatable bonds is 3. The Morgan fingerprint density at radius 1 is 0.968 bits per heavy atom. The zero-order valence-corrected chi connectivity index (χ0v) is 16.9. The molecule has 2 aliphatic rings. The molecule has 1 saturated heterocycles. The fourth-order valence-corrected chi connectivity index (χ4v) is 3.99. The Hall–Kier alpha value is -3.35. The molecule has 160 valence electrons. The van der Waals surface area contributed by atoms with Gasteiger partial charge in [-0.25, -0.2) is 0 Å². The van der Waals surface area contributed by atoms with E-state index in [-0.39, 0.29) is 18.4 Å². The molecule has 4 rings (SSSR count). The summed E-state index contributed by atoms with van der Waals surface area (Å²) >= 11 is 0. The van der Waals surface area contributed by atoms with Crippen LogP contribution < -0.4 is 0 Å². The fraction of sp³-hybridized carbons (Fsp3) is 0.250. The summed E-state index contributed by atoms with van der Waals surface area (Å²) in [5.74, 6) is -0.905. The fourth-order valence-electron chi connectivity index (χ4n) is 3.99. The lowest BCUT2D eigenvalue weighted by Crippen LogP contribution is -2.37. The van der Waals surface area contributed by atoms with Crippen LogP contribution in [0, 0.1) is 5.92 Å². The normalized spacial score (nSPS) is 19.5. The van der Waals surface area contributed by atoms with Crippen molar-refractivity contribution in [2.45, 2.75) is 19.1 Å². The first-order chi connectivity index (χ1) is 14.7. The Kier molecular flexibility index (Phi) is 5.43. The van der Waals surface area contributed by atoms with E-state index in [4.69, 9.17) is 0 Å². The van der Waals surface area contributed by atoms with Crippen molar-refractivity contribution in [3.05, 3.63) is 89.1 Å². The van der Waals surface area contributed by atoms with Crippen molar-refractivity contribution in [1.29, 1.82) is 0 Å². The summed E-state index contributed by atoms with van der Waals surface area (Å²) in [6.45, 7) is 0.302. The van der Waals surface area contributed by atoms with Crippen molar-refractivity contribution in [3.8, 4) is 0 Å². The van der Waals surface area contributed by atoms with Crippen molar-refractivity contribution < 1.29 is 22.8 Å². The van der Waals surface area contributed by atoms with Crippen molar-refractivity contribution in [2.24, 2.45) is 5.92 Å². The first-order valence-electron chi connectivity index (χ1n) is 9.91. The lowest BCUT2D eigenvalue weighted by atomic mass is 9.86. The average Bonchev–Trinajstić information content (AvgIpc) is 2.85. The summed E-state index contributed by atoms with van der Waals surface area (Å²) in [6.07, 6.45) is -0.578. The molecule has 1 atom stereocenters. The predicted octanol–water partition coefficient (Wildman–Crippen LogP) is 4.49. The van der Waals surface area contributed by atoms with Crippen LogP contribution in [0.2, 0.25) is 0 Å². The number of halogens is 3. The molecule has 1 aliphatic carbocycles. The van der Waals surface area contributed by atoms with Gasteiger partial charge < -0.3 is 9.80 Å². The van der Waals surface area contributed by atoms with Gasteiger partial charge in [0.2, 0.25) is 11.8 Å². The van der Waals surface area contributed by atoms with E-state index >= 15 is 0 Å². The zero-order valence-electron chi connectivity index (χ0n) is 16.9. The van der Waals surface area contributed by atoms with Crippen molar-refractivity contribution in [3.63, 3.8) is 0 Å². The minimum absolute atomic E-state index is 0.0202. The molecule has 0 spiro atoms. The summed E-state index contributed by atoms with van der Waals surface area (Å²) in [7, 11) is 1.65. The number of carbonyl (C=O) groups is 2. The van der Waals surface area contributed by atoms with Gasteiger partial charge in [0.05, 0.1) is 11.5 Å². The zero-order chi connectivity index (χ0) is 22.2. The molecule has 1 heterocycles. The van der Waals surface area contributed by atoms with E-state index in [0.29, 0.717) is 24.2 Å². The van der Waals surface area contributed by atoms with Crippen LogP contribution in [-0.4, -0.2) is 35.2 Å². The third-order valence-corrected chi connectivity index (χ3v) is 5.73. The molecule has 1 aliphatic heterocycles. The molecular formula is C24H21F3N2O2. The van der Waals surface area contributed by atoms with Gasteiger partial charge in [0.15, 0.2) is 0 Å². The molecule has 0 saturated carbocycles. The molecule has 7 heteroatoms. The van der Waals surface area contributed by atoms with Crippen LogP contribution >= 0.6 is 0 Å². The number of benzene rings is 2. The number of alkyl halides is 3. The van der Waals surface area contributed by atoms with Gasteiger partial charge >= 0.3 is 6.18 Å². The highest BCUT2D eigenvalue weighted by Gasteiger charge is 2.38. The first kappa shape index (κ1) is 20.9. The summed E-state index contributed by atoms with van der Waals surface area (Å²) in [4.78, 5) is 29.1. The third kappa shape index (κ3) is 4.26. The molecule has 0 aromatic heterocycles. The van der Waals surface area contributed by atoms with E-state index < -0.39 is 17.7 Å². The smallest absolute Gasteiger partial charge is 0.328 e. The van der Waals surface area contributed by atoms with Gasteiger partial charge in [0, 0.05) is 19.3 Å². The van der Waals surface area contributed by atoms with Crippen molar-refractivity contribution in [2.75, 3.05) is 13.6 Å². The van der Waals surface area contributed by atoms with E-state index in [2.05, 4.69) is 0 Å². The van der Waals surface area contributed by atoms with Crippen LogP contribution in [0.5, 0.6) is 0 Å². The second-order valence-electron chi connectivity index (χ2n) is 7.75. The molecule has 4 nitrogen and oxygen atoms in total. The van der Waals surface area contributed by atoms with Gasteiger partial charge in [-0.1, -0.05) is 48.5 Å². The molecule has 0 bridgehead atoms. The van der Waals surface area contributed by atoms with Crippen molar-refractivity contribution in [1.82, 2.24) is 9.80 Å². The Balaban J connectivity index is 1.62. The first-order valence-corrected chi connectivity index (χ1v) is 9.91. The van der Waals surface area contributed by atoms with E-state index in [9.17, 15) is 22.8 Å².